The van der Waals surface area contributed by atoms with Crippen LogP contribution in [0.15, 0.2) is 205 Å². The third-order valence-electron chi connectivity index (χ3n) is 11.1. The van der Waals surface area contributed by atoms with Crippen LogP contribution < -0.4 is 9.64 Å². The SMILES string of the molecule is C1=C(c2ccccc2)Oc2c(ccc3oc4cc(N(c5ccc(-c6cc7ccccc7c7ccccc67)cc5)c5cccc(-c6ccccc6)c5)ccc4c23)C1. The van der Waals surface area contributed by atoms with Gasteiger partial charge in [0.1, 0.15) is 22.7 Å². The molecule has 0 radical (unpaired) electrons. The molecule has 0 fully saturated rings. The Kier molecular flexibility index (Phi) is 7.56. The van der Waals surface area contributed by atoms with Gasteiger partial charge in [-0.1, -0.05) is 140 Å². The van der Waals surface area contributed by atoms with Gasteiger partial charge in [0.15, 0.2) is 0 Å². The van der Waals surface area contributed by atoms with E-state index >= 15 is 0 Å². The summed E-state index contributed by atoms with van der Waals surface area (Å²) in [6.45, 7) is 0. The summed E-state index contributed by atoms with van der Waals surface area (Å²) in [6, 6.07) is 69.1. The topological polar surface area (TPSA) is 25.6 Å². The highest BCUT2D eigenvalue weighted by Crippen LogP contribution is 2.45. The molecule has 0 saturated carbocycles. The number of ether oxygens (including phenoxy) is 1. The van der Waals surface area contributed by atoms with Crippen LogP contribution in [0.4, 0.5) is 17.1 Å². The third-order valence-corrected chi connectivity index (χ3v) is 11.1. The van der Waals surface area contributed by atoms with Crippen molar-refractivity contribution in [1.82, 2.24) is 0 Å². The number of nitrogens with zero attached hydrogens (tertiary/aromatic N) is 1. The van der Waals surface area contributed by atoms with E-state index in [0.717, 1.165) is 73.6 Å². The molecule has 1 aliphatic rings. The van der Waals surface area contributed by atoms with E-state index in [1.54, 1.807) is 0 Å². The lowest BCUT2D eigenvalue weighted by Crippen LogP contribution is -2.10. The first-order chi connectivity index (χ1) is 27.7. The summed E-state index contributed by atoms with van der Waals surface area (Å²) in [6.07, 6.45) is 2.97. The average Bonchev–Trinajstić information content (AvgIpc) is 3.66. The molecule has 2 heterocycles. The van der Waals surface area contributed by atoms with Crippen LogP contribution in [0, 0.1) is 0 Å². The van der Waals surface area contributed by atoms with Crippen molar-refractivity contribution >= 4 is 66.3 Å². The Morgan fingerprint density at radius 2 is 1.09 bits per heavy atom. The molecule has 9 aromatic carbocycles. The molecule has 1 aliphatic heterocycles. The predicted octanol–water partition coefficient (Wildman–Crippen LogP) is 14.7. The number of rotatable bonds is 6. The molecule has 56 heavy (non-hydrogen) atoms. The summed E-state index contributed by atoms with van der Waals surface area (Å²) in [7, 11) is 0. The van der Waals surface area contributed by atoms with E-state index in [4.69, 9.17) is 9.15 Å². The van der Waals surface area contributed by atoms with Crippen LogP contribution >= 0.6 is 0 Å². The van der Waals surface area contributed by atoms with Gasteiger partial charge in [0.25, 0.3) is 0 Å². The molecule has 3 heteroatoms. The molecule has 0 saturated heterocycles. The minimum Gasteiger partial charge on any atom is -0.456 e. The Morgan fingerprint density at radius 3 is 1.91 bits per heavy atom. The van der Waals surface area contributed by atoms with Crippen molar-refractivity contribution in [3.8, 4) is 28.0 Å². The van der Waals surface area contributed by atoms with E-state index in [1.165, 1.54) is 38.2 Å². The normalized spacial score (nSPS) is 12.5. The standard InChI is InChI=1S/C53H35NO2/c1-3-12-35(13-4-1)39-17-11-18-42(32-39)54(41-26-22-36(23-27-41)48-33-40-16-7-8-19-44(40)45-20-9-10-21-46(45)48)43-28-29-47-51(34-43)55-50-31-25-38-24-30-49(56-53(38)52(47)50)37-14-5-2-6-15-37/h1-23,25-34H,24H2. The molecular weight excluding hydrogens is 683 g/mol. The highest BCUT2D eigenvalue weighted by atomic mass is 16.5. The molecule has 1 aromatic heterocycles. The van der Waals surface area contributed by atoms with Gasteiger partial charge in [-0.15, -0.1) is 0 Å². The largest absolute Gasteiger partial charge is 0.456 e. The molecule has 0 amide bonds. The van der Waals surface area contributed by atoms with Crippen molar-refractivity contribution in [1.29, 1.82) is 0 Å². The van der Waals surface area contributed by atoms with Crippen molar-refractivity contribution in [2.24, 2.45) is 0 Å². The molecule has 0 aliphatic carbocycles. The average molecular weight is 718 g/mol. The van der Waals surface area contributed by atoms with Gasteiger partial charge in [-0.25, -0.2) is 0 Å². The number of hydrogen-bond donors (Lipinski definition) is 0. The van der Waals surface area contributed by atoms with Crippen molar-refractivity contribution in [2.45, 2.75) is 6.42 Å². The molecule has 0 unspecified atom stereocenters. The van der Waals surface area contributed by atoms with Crippen LogP contribution in [0.1, 0.15) is 11.1 Å². The van der Waals surface area contributed by atoms with Crippen LogP contribution in [0.25, 0.3) is 71.5 Å². The van der Waals surface area contributed by atoms with Crippen molar-refractivity contribution in [3.05, 3.63) is 211 Å². The minimum absolute atomic E-state index is 0.802. The summed E-state index contributed by atoms with van der Waals surface area (Å²) < 4.78 is 13.3. The Balaban J connectivity index is 1.04. The Bertz CT molecular complexity index is 3120. The van der Waals surface area contributed by atoms with Crippen molar-refractivity contribution < 1.29 is 9.15 Å². The van der Waals surface area contributed by atoms with Gasteiger partial charge in [0, 0.05) is 34.1 Å². The number of fused-ring (bicyclic) bond motifs is 8. The monoisotopic (exact) mass is 717 g/mol. The maximum absolute atomic E-state index is 6.66. The molecular formula is C53H35NO2. The smallest absolute Gasteiger partial charge is 0.142 e. The van der Waals surface area contributed by atoms with Crippen LogP contribution in [0.2, 0.25) is 0 Å². The lowest BCUT2D eigenvalue weighted by molar-refractivity contribution is 0.504. The fourth-order valence-corrected chi connectivity index (χ4v) is 8.40. The van der Waals surface area contributed by atoms with Gasteiger partial charge in [-0.2, -0.15) is 0 Å². The number of hydrogen-bond acceptors (Lipinski definition) is 3. The van der Waals surface area contributed by atoms with E-state index in [0.29, 0.717) is 0 Å². The molecule has 0 N–H and O–H groups in total. The van der Waals surface area contributed by atoms with Crippen molar-refractivity contribution in [2.75, 3.05) is 4.90 Å². The summed E-state index contributed by atoms with van der Waals surface area (Å²) >= 11 is 0. The Hall–Kier alpha value is -7.36. The maximum atomic E-state index is 6.66. The third kappa shape index (κ3) is 5.44. The fraction of sp³-hybridized carbons (Fsp3) is 0.0189. The van der Waals surface area contributed by atoms with Gasteiger partial charge >= 0.3 is 0 Å². The van der Waals surface area contributed by atoms with E-state index in [1.807, 2.05) is 18.2 Å². The quantitative estimate of drug-likeness (QED) is 0.160. The van der Waals surface area contributed by atoms with Crippen LogP contribution in [0.3, 0.4) is 0 Å². The fourth-order valence-electron chi connectivity index (χ4n) is 8.40. The second kappa shape index (κ2) is 13.2. The highest BCUT2D eigenvalue weighted by molar-refractivity contribution is 6.14. The molecule has 10 aromatic rings. The van der Waals surface area contributed by atoms with Crippen molar-refractivity contribution in [3.63, 3.8) is 0 Å². The predicted molar refractivity (Wildman–Crippen MR) is 233 cm³/mol. The van der Waals surface area contributed by atoms with E-state index in [2.05, 4.69) is 187 Å². The van der Waals surface area contributed by atoms with Crippen LogP contribution in [0.5, 0.6) is 5.75 Å². The second-order valence-corrected chi connectivity index (χ2v) is 14.4. The highest BCUT2D eigenvalue weighted by Gasteiger charge is 2.23. The zero-order chi connectivity index (χ0) is 37.0. The summed E-state index contributed by atoms with van der Waals surface area (Å²) in [5.74, 6) is 1.75. The van der Waals surface area contributed by atoms with Gasteiger partial charge in [-0.05, 0) is 110 Å². The Morgan fingerprint density at radius 1 is 0.411 bits per heavy atom. The maximum Gasteiger partial charge on any atom is 0.142 e. The molecule has 0 atom stereocenters. The molecule has 11 rings (SSSR count). The number of anilines is 3. The van der Waals surface area contributed by atoms with Gasteiger partial charge < -0.3 is 14.1 Å². The number of furan rings is 1. The molecule has 264 valence electrons. The van der Waals surface area contributed by atoms with Gasteiger partial charge in [0.2, 0.25) is 0 Å². The Labute approximate surface area is 325 Å². The number of benzene rings is 9. The summed E-state index contributed by atoms with van der Waals surface area (Å²) in [5, 5.41) is 7.07. The first-order valence-corrected chi connectivity index (χ1v) is 19.1. The van der Waals surface area contributed by atoms with Crippen LogP contribution in [-0.2, 0) is 6.42 Å². The zero-order valence-electron chi connectivity index (χ0n) is 30.5. The lowest BCUT2D eigenvalue weighted by Gasteiger charge is -2.26. The van der Waals surface area contributed by atoms with Gasteiger partial charge in [0.05, 0.1) is 5.39 Å². The first-order valence-electron chi connectivity index (χ1n) is 19.1. The van der Waals surface area contributed by atoms with Crippen LogP contribution in [-0.4, -0.2) is 0 Å². The summed E-state index contributed by atoms with van der Waals surface area (Å²) in [4.78, 5) is 2.32. The second-order valence-electron chi connectivity index (χ2n) is 14.4. The molecule has 3 nitrogen and oxygen atoms in total. The molecule has 0 bridgehead atoms. The van der Waals surface area contributed by atoms with E-state index in [-0.39, 0.29) is 0 Å². The van der Waals surface area contributed by atoms with Gasteiger partial charge in [-0.3, -0.25) is 0 Å². The molecule has 0 spiro atoms. The summed E-state index contributed by atoms with van der Waals surface area (Å²) in [5.41, 5.74) is 11.7. The lowest BCUT2D eigenvalue weighted by atomic mass is 9.93. The van der Waals surface area contributed by atoms with E-state index in [9.17, 15) is 0 Å². The number of allylic oxidation sites excluding steroid dienone is 1. The minimum atomic E-state index is 0.802. The first kappa shape index (κ1) is 32.1. The van der Waals surface area contributed by atoms with E-state index < -0.39 is 0 Å². The zero-order valence-corrected chi connectivity index (χ0v) is 30.5.